The average molecular weight is 408 g/mol. The molecule has 0 spiro atoms. The molecule has 0 heterocycles. The Balaban J connectivity index is 2.11. The van der Waals surface area contributed by atoms with E-state index in [1.807, 2.05) is 12.1 Å². The Hall–Kier alpha value is -2.30. The number of aliphatic hydroxyl groups excluding tert-OH is 1. The van der Waals surface area contributed by atoms with Crippen molar-refractivity contribution in [2.24, 2.45) is 0 Å². The van der Waals surface area contributed by atoms with Gasteiger partial charge in [0.2, 0.25) is 10.0 Å². The average Bonchev–Trinajstić information content (AvgIpc) is 2.71. The van der Waals surface area contributed by atoms with Gasteiger partial charge in [-0.2, -0.15) is 0 Å². The molecule has 2 aromatic rings. The lowest BCUT2D eigenvalue weighted by atomic mass is 10.0. The van der Waals surface area contributed by atoms with Crippen molar-refractivity contribution in [2.45, 2.75) is 24.0 Å². The lowest BCUT2D eigenvalue weighted by Gasteiger charge is -2.25. The molecule has 0 aliphatic rings. The zero-order valence-electron chi connectivity index (χ0n) is 15.9. The van der Waals surface area contributed by atoms with Crippen LogP contribution in [0.15, 0.2) is 53.4 Å². The van der Waals surface area contributed by atoms with E-state index < -0.39 is 28.1 Å². The van der Waals surface area contributed by atoms with Crippen molar-refractivity contribution >= 4 is 15.9 Å². The van der Waals surface area contributed by atoms with Crippen LogP contribution in [0.2, 0.25) is 0 Å². The first-order valence-electron chi connectivity index (χ1n) is 8.45. The van der Waals surface area contributed by atoms with Crippen LogP contribution in [0.1, 0.15) is 12.5 Å². The molecule has 152 valence electrons. The molecule has 1 atom stereocenters. The zero-order valence-corrected chi connectivity index (χ0v) is 16.7. The van der Waals surface area contributed by atoms with Crippen LogP contribution < -0.4 is 5.48 Å². The Kier molecular flexibility index (Phi) is 6.91. The SMILES string of the molecule is CN(C)S(=O)(=O)c1ccc(-c2ccc(COC(C)(CO)C(=O)NO)cc2)cc1. The second-order valence-corrected chi connectivity index (χ2v) is 8.78. The lowest BCUT2D eigenvalue weighted by Crippen LogP contribution is -2.48. The standard InChI is InChI=1S/C19H24N2O6S/c1-19(13-22,18(23)20-24)27-12-14-4-6-15(7-5-14)16-8-10-17(11-9-16)28(25,26)21(2)3/h4-11,22,24H,12-13H2,1-3H3,(H,20,23). The topological polar surface area (TPSA) is 116 Å². The number of nitrogens with zero attached hydrogens (tertiary/aromatic N) is 1. The van der Waals surface area contributed by atoms with Gasteiger partial charge in [-0.25, -0.2) is 18.2 Å². The summed E-state index contributed by atoms with van der Waals surface area (Å²) in [5, 5.41) is 18.1. The molecule has 0 bridgehead atoms. The smallest absolute Gasteiger partial charge is 0.277 e. The van der Waals surface area contributed by atoms with Gasteiger partial charge in [0.1, 0.15) is 0 Å². The zero-order chi connectivity index (χ0) is 20.9. The molecule has 0 fully saturated rings. The maximum Gasteiger partial charge on any atom is 0.277 e. The highest BCUT2D eigenvalue weighted by molar-refractivity contribution is 7.89. The summed E-state index contributed by atoms with van der Waals surface area (Å²) in [6.45, 7) is 0.848. The molecule has 0 aliphatic heterocycles. The molecule has 0 aromatic heterocycles. The first-order chi connectivity index (χ1) is 13.1. The van der Waals surface area contributed by atoms with Gasteiger partial charge in [-0.3, -0.25) is 10.0 Å². The maximum absolute atomic E-state index is 12.1. The Morgan fingerprint density at radius 3 is 2.00 bits per heavy atom. The number of amides is 1. The molecule has 9 heteroatoms. The Morgan fingerprint density at radius 1 is 1.07 bits per heavy atom. The molecule has 3 N–H and O–H groups in total. The van der Waals surface area contributed by atoms with E-state index in [0.29, 0.717) is 0 Å². The number of rotatable bonds is 8. The molecule has 0 aliphatic carbocycles. The Labute approximate surface area is 164 Å². The van der Waals surface area contributed by atoms with Crippen molar-refractivity contribution in [3.05, 3.63) is 54.1 Å². The van der Waals surface area contributed by atoms with Crippen LogP contribution >= 0.6 is 0 Å². The van der Waals surface area contributed by atoms with E-state index >= 15 is 0 Å². The predicted octanol–water partition coefficient (Wildman–Crippen LogP) is 1.38. The van der Waals surface area contributed by atoms with Gasteiger partial charge in [0.15, 0.2) is 5.60 Å². The van der Waals surface area contributed by atoms with Gasteiger partial charge >= 0.3 is 0 Å². The number of nitrogens with one attached hydrogen (secondary N) is 1. The number of carbonyl (C=O) groups is 1. The van der Waals surface area contributed by atoms with E-state index in [2.05, 4.69) is 0 Å². The highest BCUT2D eigenvalue weighted by Gasteiger charge is 2.33. The molecule has 1 amide bonds. The van der Waals surface area contributed by atoms with Crippen LogP contribution in [0.4, 0.5) is 0 Å². The monoisotopic (exact) mass is 408 g/mol. The fourth-order valence-electron chi connectivity index (χ4n) is 2.37. The molecule has 2 rings (SSSR count). The summed E-state index contributed by atoms with van der Waals surface area (Å²) in [4.78, 5) is 11.8. The highest BCUT2D eigenvalue weighted by Crippen LogP contribution is 2.23. The summed E-state index contributed by atoms with van der Waals surface area (Å²) in [5.74, 6) is -0.834. The summed E-state index contributed by atoms with van der Waals surface area (Å²) < 4.78 is 30.8. The van der Waals surface area contributed by atoms with E-state index in [1.165, 1.54) is 26.5 Å². The van der Waals surface area contributed by atoms with Crippen LogP contribution in [0, 0.1) is 0 Å². The number of sulfonamides is 1. The minimum absolute atomic E-state index is 0.0603. The Morgan fingerprint density at radius 2 is 1.57 bits per heavy atom. The lowest BCUT2D eigenvalue weighted by molar-refractivity contribution is -0.161. The quantitative estimate of drug-likeness (QED) is 0.449. The third-order valence-electron chi connectivity index (χ3n) is 4.36. The third-order valence-corrected chi connectivity index (χ3v) is 6.19. The number of aliphatic hydroxyl groups is 1. The number of hydroxylamine groups is 1. The van der Waals surface area contributed by atoms with Crippen LogP contribution in [0.5, 0.6) is 0 Å². The first-order valence-corrected chi connectivity index (χ1v) is 9.89. The third kappa shape index (κ3) is 4.75. The van der Waals surface area contributed by atoms with Crippen LogP contribution in [-0.2, 0) is 26.2 Å². The minimum atomic E-state index is -3.47. The minimum Gasteiger partial charge on any atom is -0.393 e. The highest BCUT2D eigenvalue weighted by atomic mass is 32.2. The molecular formula is C19H24N2O6S. The van der Waals surface area contributed by atoms with Crippen LogP contribution in [-0.4, -0.2) is 55.2 Å². The van der Waals surface area contributed by atoms with Crippen molar-refractivity contribution in [1.82, 2.24) is 9.79 Å². The molecule has 28 heavy (non-hydrogen) atoms. The van der Waals surface area contributed by atoms with E-state index in [4.69, 9.17) is 9.94 Å². The molecule has 1 unspecified atom stereocenters. The largest absolute Gasteiger partial charge is 0.393 e. The van der Waals surface area contributed by atoms with Gasteiger partial charge in [0.25, 0.3) is 5.91 Å². The maximum atomic E-state index is 12.1. The number of carbonyl (C=O) groups excluding carboxylic acids is 1. The van der Waals surface area contributed by atoms with Gasteiger partial charge in [-0.1, -0.05) is 36.4 Å². The molecule has 8 nitrogen and oxygen atoms in total. The van der Waals surface area contributed by atoms with Gasteiger partial charge in [0.05, 0.1) is 18.1 Å². The number of hydrogen-bond donors (Lipinski definition) is 3. The Bertz CT molecular complexity index is 910. The number of benzene rings is 2. The van der Waals surface area contributed by atoms with Crippen LogP contribution in [0.3, 0.4) is 0 Å². The molecule has 0 saturated heterocycles. The summed E-state index contributed by atoms with van der Waals surface area (Å²) in [6.07, 6.45) is 0. The molecular weight excluding hydrogens is 384 g/mol. The van der Waals surface area contributed by atoms with Gasteiger partial charge in [-0.15, -0.1) is 0 Å². The number of hydrogen-bond acceptors (Lipinski definition) is 6. The van der Waals surface area contributed by atoms with Crippen LogP contribution in [0.25, 0.3) is 11.1 Å². The fourth-order valence-corrected chi connectivity index (χ4v) is 3.27. The van der Waals surface area contributed by atoms with Crippen molar-refractivity contribution in [1.29, 1.82) is 0 Å². The molecule has 0 radical (unpaired) electrons. The summed E-state index contributed by atoms with van der Waals surface area (Å²) >= 11 is 0. The normalized spacial score (nSPS) is 13.9. The second-order valence-electron chi connectivity index (χ2n) is 6.63. The molecule has 0 saturated carbocycles. The van der Waals surface area contributed by atoms with E-state index in [1.54, 1.807) is 36.4 Å². The predicted molar refractivity (Wildman–Crippen MR) is 103 cm³/mol. The second kappa shape index (κ2) is 8.80. The first kappa shape index (κ1) is 22.0. The van der Waals surface area contributed by atoms with Gasteiger partial charge in [0, 0.05) is 14.1 Å². The fraction of sp³-hybridized carbons (Fsp3) is 0.316. The van der Waals surface area contributed by atoms with Crippen molar-refractivity contribution < 1.29 is 28.3 Å². The van der Waals surface area contributed by atoms with E-state index in [-0.39, 0.29) is 11.5 Å². The van der Waals surface area contributed by atoms with Gasteiger partial charge in [-0.05, 0) is 35.7 Å². The van der Waals surface area contributed by atoms with E-state index in [9.17, 15) is 18.3 Å². The summed E-state index contributed by atoms with van der Waals surface area (Å²) in [7, 11) is -0.506. The van der Waals surface area contributed by atoms with Crippen molar-refractivity contribution in [3.63, 3.8) is 0 Å². The van der Waals surface area contributed by atoms with Crippen molar-refractivity contribution in [2.75, 3.05) is 20.7 Å². The van der Waals surface area contributed by atoms with Crippen molar-refractivity contribution in [3.8, 4) is 11.1 Å². The van der Waals surface area contributed by atoms with E-state index in [0.717, 1.165) is 21.0 Å². The van der Waals surface area contributed by atoms with Gasteiger partial charge < -0.3 is 9.84 Å². The molecule has 2 aromatic carbocycles. The number of ether oxygens (including phenoxy) is 1. The summed E-state index contributed by atoms with van der Waals surface area (Å²) in [5.41, 5.74) is 2.42. The summed E-state index contributed by atoms with van der Waals surface area (Å²) in [6, 6.07) is 13.9.